The van der Waals surface area contributed by atoms with Crippen molar-refractivity contribution < 1.29 is 9.13 Å². The van der Waals surface area contributed by atoms with Crippen molar-refractivity contribution in [1.29, 1.82) is 0 Å². The maximum Gasteiger partial charge on any atom is 0.169 e. The number of fused-ring (bicyclic) bond motifs is 1. The molecule has 3 N–H and O–H groups in total. The lowest BCUT2D eigenvalue weighted by Crippen LogP contribution is -2.11. The van der Waals surface area contributed by atoms with Crippen LogP contribution in [0.15, 0.2) is 29.6 Å². The number of nitrogens with zero attached hydrogens (tertiary/aromatic N) is 2. The molecule has 2 aromatic heterocycles. The summed E-state index contributed by atoms with van der Waals surface area (Å²) in [4.78, 5) is 9.45. The van der Waals surface area contributed by atoms with E-state index in [9.17, 15) is 4.39 Å². The van der Waals surface area contributed by atoms with Crippen molar-refractivity contribution in [2.24, 2.45) is 5.84 Å². The molecule has 0 bridgehead atoms. The van der Waals surface area contributed by atoms with Crippen LogP contribution in [0.5, 0.6) is 5.75 Å². The molecule has 0 radical (unpaired) electrons. The summed E-state index contributed by atoms with van der Waals surface area (Å²) in [7, 11) is 0. The zero-order valence-corrected chi connectivity index (χ0v) is 12.2. The average molecular weight is 325 g/mol. The molecule has 0 unspecified atom stereocenters. The van der Waals surface area contributed by atoms with Gasteiger partial charge in [0.15, 0.2) is 11.6 Å². The van der Waals surface area contributed by atoms with Crippen LogP contribution in [0.3, 0.4) is 0 Å². The number of hydrazine groups is 1. The van der Waals surface area contributed by atoms with Crippen molar-refractivity contribution in [3.05, 3.63) is 46.3 Å². The lowest BCUT2D eigenvalue weighted by molar-refractivity contribution is 0.296. The van der Waals surface area contributed by atoms with E-state index in [0.717, 1.165) is 10.2 Å². The molecule has 108 valence electrons. The molecular weight excluding hydrogens is 315 g/mol. The quantitative estimate of drug-likeness (QED) is 0.569. The summed E-state index contributed by atoms with van der Waals surface area (Å²) in [5, 5.41) is 2.96. The minimum atomic E-state index is -0.418. The lowest BCUT2D eigenvalue weighted by Gasteiger charge is -2.08. The molecule has 2 heterocycles. The summed E-state index contributed by atoms with van der Waals surface area (Å²) in [5.74, 6) is 6.39. The number of nitrogens with two attached hydrogens (primary N) is 1. The van der Waals surface area contributed by atoms with Gasteiger partial charge in [0.1, 0.15) is 23.0 Å². The summed E-state index contributed by atoms with van der Waals surface area (Å²) >= 11 is 7.38. The Labute approximate surface area is 128 Å². The number of hydrogen-bond acceptors (Lipinski definition) is 6. The number of benzene rings is 1. The highest BCUT2D eigenvalue weighted by Gasteiger charge is 2.10. The fourth-order valence-corrected chi connectivity index (χ4v) is 2.81. The molecule has 0 aliphatic carbocycles. The normalized spacial score (nSPS) is 10.8. The van der Waals surface area contributed by atoms with Gasteiger partial charge < -0.3 is 10.2 Å². The van der Waals surface area contributed by atoms with E-state index >= 15 is 0 Å². The monoisotopic (exact) mass is 324 g/mol. The molecule has 1 aromatic carbocycles. The fraction of sp³-hybridized carbons (Fsp3) is 0.0769. The molecule has 0 amide bonds. The fourth-order valence-electron chi connectivity index (χ4n) is 1.81. The number of hydrogen-bond donors (Lipinski definition) is 2. The smallest absolute Gasteiger partial charge is 0.169 e. The highest BCUT2D eigenvalue weighted by molar-refractivity contribution is 7.16. The Morgan fingerprint density at radius 1 is 1.33 bits per heavy atom. The number of nitrogens with one attached hydrogen (secondary N) is 1. The Kier molecular flexibility index (Phi) is 3.87. The zero-order chi connectivity index (χ0) is 14.8. The molecule has 5 nitrogen and oxygen atoms in total. The van der Waals surface area contributed by atoms with Crippen LogP contribution in [0.1, 0.15) is 5.82 Å². The Balaban J connectivity index is 1.84. The Hall–Kier alpha value is -1.96. The largest absolute Gasteiger partial charge is 0.484 e. The number of ether oxygens (including phenoxy) is 1. The van der Waals surface area contributed by atoms with Gasteiger partial charge in [-0.3, -0.25) is 0 Å². The summed E-state index contributed by atoms with van der Waals surface area (Å²) in [6, 6.07) is 5.81. The van der Waals surface area contributed by atoms with Gasteiger partial charge in [0, 0.05) is 0 Å². The Morgan fingerprint density at radius 3 is 2.95 bits per heavy atom. The SMILES string of the molecule is NNc1nc(COc2ccc(F)cc2Cl)nc2sccc12. The first-order valence-electron chi connectivity index (χ1n) is 5.96. The molecule has 0 fully saturated rings. The summed E-state index contributed by atoms with van der Waals surface area (Å²) in [6.07, 6.45) is 0. The van der Waals surface area contributed by atoms with Crippen LogP contribution in [-0.2, 0) is 6.61 Å². The average Bonchev–Trinajstić information content (AvgIpc) is 2.93. The Bertz CT molecular complexity index is 795. The van der Waals surface area contributed by atoms with E-state index in [0.29, 0.717) is 17.4 Å². The van der Waals surface area contributed by atoms with Gasteiger partial charge in [-0.25, -0.2) is 20.2 Å². The van der Waals surface area contributed by atoms with Crippen LogP contribution in [0.2, 0.25) is 5.02 Å². The third-order valence-electron chi connectivity index (χ3n) is 2.76. The minimum absolute atomic E-state index is 0.105. The van der Waals surface area contributed by atoms with E-state index < -0.39 is 5.82 Å². The second-order valence-electron chi connectivity index (χ2n) is 4.14. The highest BCUT2D eigenvalue weighted by Crippen LogP contribution is 2.27. The number of rotatable bonds is 4. The van der Waals surface area contributed by atoms with Crippen molar-refractivity contribution >= 4 is 39.0 Å². The van der Waals surface area contributed by atoms with Crippen LogP contribution < -0.4 is 16.0 Å². The maximum atomic E-state index is 13.0. The minimum Gasteiger partial charge on any atom is -0.484 e. The van der Waals surface area contributed by atoms with E-state index in [1.165, 1.54) is 29.5 Å². The summed E-state index contributed by atoms with van der Waals surface area (Å²) in [5.41, 5.74) is 2.54. The molecule has 0 saturated heterocycles. The van der Waals surface area contributed by atoms with E-state index in [2.05, 4.69) is 15.4 Å². The molecule has 0 atom stereocenters. The van der Waals surface area contributed by atoms with Crippen LogP contribution >= 0.6 is 22.9 Å². The van der Waals surface area contributed by atoms with Crippen LogP contribution in [0.4, 0.5) is 10.2 Å². The third kappa shape index (κ3) is 2.90. The van der Waals surface area contributed by atoms with E-state index in [4.69, 9.17) is 22.2 Å². The van der Waals surface area contributed by atoms with Gasteiger partial charge >= 0.3 is 0 Å². The predicted octanol–water partition coefficient (Wildman–Crippen LogP) is 3.35. The molecule has 0 spiro atoms. The van der Waals surface area contributed by atoms with E-state index in [1.54, 1.807) is 0 Å². The van der Waals surface area contributed by atoms with Gasteiger partial charge in [0.2, 0.25) is 0 Å². The van der Waals surface area contributed by atoms with Gasteiger partial charge in [-0.2, -0.15) is 0 Å². The van der Waals surface area contributed by atoms with Crippen molar-refractivity contribution in [2.75, 3.05) is 5.43 Å². The predicted molar refractivity (Wildman–Crippen MR) is 81.0 cm³/mol. The molecule has 3 rings (SSSR count). The molecule has 0 aliphatic rings. The van der Waals surface area contributed by atoms with Gasteiger partial charge in [-0.15, -0.1) is 11.3 Å². The van der Waals surface area contributed by atoms with Crippen molar-refractivity contribution in [2.45, 2.75) is 6.61 Å². The number of aromatic nitrogens is 2. The van der Waals surface area contributed by atoms with Crippen LogP contribution in [0, 0.1) is 5.82 Å². The summed E-state index contributed by atoms with van der Waals surface area (Å²) < 4.78 is 18.5. The summed E-state index contributed by atoms with van der Waals surface area (Å²) in [6.45, 7) is 0.105. The number of halogens is 2. The molecular formula is C13H10ClFN4OS. The van der Waals surface area contributed by atoms with E-state index in [1.807, 2.05) is 11.4 Å². The van der Waals surface area contributed by atoms with Crippen LogP contribution in [-0.4, -0.2) is 9.97 Å². The van der Waals surface area contributed by atoms with Crippen molar-refractivity contribution in [3.63, 3.8) is 0 Å². The second-order valence-corrected chi connectivity index (χ2v) is 5.44. The van der Waals surface area contributed by atoms with Gasteiger partial charge in [-0.1, -0.05) is 11.6 Å². The van der Waals surface area contributed by atoms with Crippen molar-refractivity contribution in [3.8, 4) is 5.75 Å². The lowest BCUT2D eigenvalue weighted by atomic mass is 10.3. The topological polar surface area (TPSA) is 73.1 Å². The first kappa shape index (κ1) is 14.0. The molecule has 0 aliphatic heterocycles. The first-order chi connectivity index (χ1) is 10.2. The van der Waals surface area contributed by atoms with Gasteiger partial charge in [0.25, 0.3) is 0 Å². The number of anilines is 1. The zero-order valence-electron chi connectivity index (χ0n) is 10.6. The molecule has 21 heavy (non-hydrogen) atoms. The standard InChI is InChI=1S/C13H10ClFN4OS/c14-9-5-7(15)1-2-10(9)20-6-11-17-12(19-16)8-3-4-21-13(8)18-11/h1-5H,6,16H2,(H,17,18,19). The first-order valence-corrected chi connectivity index (χ1v) is 7.21. The maximum absolute atomic E-state index is 13.0. The van der Waals surface area contributed by atoms with E-state index in [-0.39, 0.29) is 11.6 Å². The second kappa shape index (κ2) is 5.80. The Morgan fingerprint density at radius 2 is 2.19 bits per heavy atom. The van der Waals surface area contributed by atoms with Crippen LogP contribution in [0.25, 0.3) is 10.2 Å². The van der Waals surface area contributed by atoms with Gasteiger partial charge in [0.05, 0.1) is 10.4 Å². The van der Waals surface area contributed by atoms with Gasteiger partial charge in [-0.05, 0) is 29.6 Å². The van der Waals surface area contributed by atoms with Crippen molar-refractivity contribution in [1.82, 2.24) is 9.97 Å². The highest BCUT2D eigenvalue weighted by atomic mass is 35.5. The molecule has 8 heteroatoms. The number of thiophene rings is 1. The number of nitrogen functional groups attached to an aromatic ring is 1. The third-order valence-corrected chi connectivity index (χ3v) is 3.86. The molecule has 3 aromatic rings. The molecule has 0 saturated carbocycles.